The molecule has 1 fully saturated rings. The third-order valence-electron chi connectivity index (χ3n) is 4.71. The van der Waals surface area contributed by atoms with Crippen LogP contribution in [0.5, 0.6) is 0 Å². The van der Waals surface area contributed by atoms with Gasteiger partial charge in [-0.2, -0.15) is 5.26 Å². The molecule has 3 rings (SSSR count). The van der Waals surface area contributed by atoms with E-state index < -0.39 is 0 Å². The maximum Gasteiger partial charge on any atom is 0.146 e. The van der Waals surface area contributed by atoms with E-state index in [4.69, 9.17) is 0 Å². The van der Waals surface area contributed by atoms with Gasteiger partial charge in [0.1, 0.15) is 18.2 Å². The first-order valence-corrected chi connectivity index (χ1v) is 8.90. The van der Waals surface area contributed by atoms with Crippen molar-refractivity contribution in [1.29, 1.82) is 5.26 Å². The summed E-state index contributed by atoms with van der Waals surface area (Å²) >= 11 is 0. The predicted octanol–water partition coefficient (Wildman–Crippen LogP) is 2.21. The van der Waals surface area contributed by atoms with Crippen LogP contribution < -0.4 is 4.90 Å². The smallest absolute Gasteiger partial charge is 0.146 e. The van der Waals surface area contributed by atoms with Crippen LogP contribution in [0.4, 0.5) is 5.69 Å². The van der Waals surface area contributed by atoms with E-state index in [1.54, 1.807) is 6.33 Å². The molecular weight excluding hydrogens is 312 g/mol. The Kier molecular flexibility index (Phi) is 5.34. The van der Waals surface area contributed by atoms with Gasteiger partial charge in [-0.1, -0.05) is 19.9 Å². The van der Waals surface area contributed by atoms with E-state index in [9.17, 15) is 5.26 Å². The largest absolute Gasteiger partial charge is 0.368 e. The summed E-state index contributed by atoms with van der Waals surface area (Å²) in [5.41, 5.74) is 3.17. The molecule has 1 aromatic carbocycles. The van der Waals surface area contributed by atoms with Crippen LogP contribution in [0.1, 0.15) is 30.8 Å². The van der Waals surface area contributed by atoms with E-state index in [0.717, 1.165) is 56.2 Å². The standard InChI is InChI=1S/C19H26N6/c1-15(2)10-16-4-5-17(12-20)18(11-16)25-8-6-24(7-9-25)13-19-22-21-14-23(19)3/h4-5,11,14-15H,6-10,13H2,1-3H3. The van der Waals surface area contributed by atoms with Gasteiger partial charge in [0.05, 0.1) is 17.8 Å². The Morgan fingerprint density at radius 3 is 2.56 bits per heavy atom. The molecule has 132 valence electrons. The molecule has 6 heteroatoms. The first-order chi connectivity index (χ1) is 12.1. The Morgan fingerprint density at radius 1 is 1.20 bits per heavy atom. The lowest BCUT2D eigenvalue weighted by Crippen LogP contribution is -2.46. The SMILES string of the molecule is CC(C)Cc1ccc(C#N)c(N2CCN(Cc3nncn3C)CC2)c1. The lowest BCUT2D eigenvalue weighted by molar-refractivity contribution is 0.241. The highest BCUT2D eigenvalue weighted by atomic mass is 15.3. The fourth-order valence-corrected chi connectivity index (χ4v) is 3.33. The van der Waals surface area contributed by atoms with Crippen LogP contribution in [-0.4, -0.2) is 45.8 Å². The molecule has 0 aliphatic carbocycles. The molecule has 2 aromatic rings. The Bertz CT molecular complexity index is 750. The van der Waals surface area contributed by atoms with Crippen LogP contribution >= 0.6 is 0 Å². The van der Waals surface area contributed by atoms with Gasteiger partial charge in [0.25, 0.3) is 0 Å². The van der Waals surface area contributed by atoms with Crippen LogP contribution in [0.15, 0.2) is 24.5 Å². The molecular formula is C19H26N6. The average molecular weight is 338 g/mol. The van der Waals surface area contributed by atoms with Gasteiger partial charge in [-0.25, -0.2) is 0 Å². The highest BCUT2D eigenvalue weighted by Crippen LogP contribution is 2.25. The maximum absolute atomic E-state index is 9.47. The Balaban J connectivity index is 1.67. The molecule has 0 N–H and O–H groups in total. The summed E-state index contributed by atoms with van der Waals surface area (Å²) in [5, 5.41) is 17.6. The van der Waals surface area contributed by atoms with Crippen LogP contribution in [0.25, 0.3) is 0 Å². The van der Waals surface area contributed by atoms with Crippen molar-refractivity contribution in [2.45, 2.75) is 26.8 Å². The molecule has 0 bridgehead atoms. The number of nitrogens with zero attached hydrogens (tertiary/aromatic N) is 6. The minimum atomic E-state index is 0.615. The first kappa shape index (κ1) is 17.4. The minimum absolute atomic E-state index is 0.615. The van der Waals surface area contributed by atoms with E-state index in [1.807, 2.05) is 17.7 Å². The number of aromatic nitrogens is 3. The van der Waals surface area contributed by atoms with E-state index in [0.29, 0.717) is 5.92 Å². The normalized spacial score (nSPS) is 15.6. The van der Waals surface area contributed by atoms with Crippen molar-refractivity contribution in [2.75, 3.05) is 31.1 Å². The first-order valence-electron chi connectivity index (χ1n) is 8.90. The average Bonchev–Trinajstić information content (AvgIpc) is 3.00. The lowest BCUT2D eigenvalue weighted by Gasteiger charge is -2.36. The fraction of sp³-hybridized carbons (Fsp3) is 0.526. The number of nitriles is 1. The molecule has 2 heterocycles. The molecule has 25 heavy (non-hydrogen) atoms. The van der Waals surface area contributed by atoms with Crippen LogP contribution in [-0.2, 0) is 20.0 Å². The zero-order valence-corrected chi connectivity index (χ0v) is 15.3. The Hall–Kier alpha value is -2.39. The maximum atomic E-state index is 9.47. The Labute approximate surface area is 149 Å². The third-order valence-corrected chi connectivity index (χ3v) is 4.71. The second-order valence-corrected chi connectivity index (χ2v) is 7.18. The molecule has 1 aliphatic rings. The number of anilines is 1. The van der Waals surface area contributed by atoms with Crippen molar-refractivity contribution >= 4 is 5.69 Å². The number of benzene rings is 1. The summed E-state index contributed by atoms with van der Waals surface area (Å²) in [6.07, 6.45) is 2.79. The van der Waals surface area contributed by atoms with Gasteiger partial charge >= 0.3 is 0 Å². The number of aryl methyl sites for hydroxylation is 1. The van der Waals surface area contributed by atoms with Gasteiger partial charge in [0.2, 0.25) is 0 Å². The van der Waals surface area contributed by atoms with Crippen molar-refractivity contribution < 1.29 is 0 Å². The second kappa shape index (κ2) is 7.66. The molecule has 0 radical (unpaired) electrons. The third kappa shape index (κ3) is 4.18. The number of hydrogen-bond acceptors (Lipinski definition) is 5. The van der Waals surface area contributed by atoms with E-state index in [2.05, 4.69) is 52.0 Å². The summed E-state index contributed by atoms with van der Waals surface area (Å²) < 4.78 is 1.97. The van der Waals surface area contributed by atoms with Crippen molar-refractivity contribution in [3.63, 3.8) is 0 Å². The fourth-order valence-electron chi connectivity index (χ4n) is 3.33. The summed E-state index contributed by atoms with van der Waals surface area (Å²) in [4.78, 5) is 4.74. The Morgan fingerprint density at radius 2 is 1.96 bits per heavy atom. The number of piperazine rings is 1. The van der Waals surface area contributed by atoms with Gasteiger partial charge < -0.3 is 9.47 Å². The molecule has 0 spiro atoms. The van der Waals surface area contributed by atoms with E-state index >= 15 is 0 Å². The monoisotopic (exact) mass is 338 g/mol. The van der Waals surface area contributed by atoms with E-state index in [1.165, 1.54) is 5.56 Å². The highest BCUT2D eigenvalue weighted by molar-refractivity contribution is 5.61. The molecule has 1 aliphatic heterocycles. The van der Waals surface area contributed by atoms with Crippen LogP contribution in [0, 0.1) is 17.2 Å². The summed E-state index contributed by atoms with van der Waals surface area (Å²) in [6.45, 7) is 9.06. The molecule has 0 saturated carbocycles. The zero-order chi connectivity index (χ0) is 17.8. The van der Waals surface area contributed by atoms with Gasteiger partial charge in [0, 0.05) is 33.2 Å². The quantitative estimate of drug-likeness (QED) is 0.836. The summed E-state index contributed by atoms with van der Waals surface area (Å²) in [5.74, 6) is 1.61. The van der Waals surface area contributed by atoms with Gasteiger partial charge in [0.15, 0.2) is 0 Å². The van der Waals surface area contributed by atoms with Gasteiger partial charge in [-0.05, 0) is 30.0 Å². The van der Waals surface area contributed by atoms with Crippen LogP contribution in [0.3, 0.4) is 0 Å². The van der Waals surface area contributed by atoms with Gasteiger partial charge in [-0.15, -0.1) is 10.2 Å². The summed E-state index contributed by atoms with van der Waals surface area (Å²) in [6, 6.07) is 8.62. The zero-order valence-electron chi connectivity index (χ0n) is 15.3. The highest BCUT2D eigenvalue weighted by Gasteiger charge is 2.21. The molecule has 0 amide bonds. The van der Waals surface area contributed by atoms with E-state index in [-0.39, 0.29) is 0 Å². The number of rotatable bonds is 5. The topological polar surface area (TPSA) is 61.0 Å². The van der Waals surface area contributed by atoms with Crippen LogP contribution in [0.2, 0.25) is 0 Å². The molecule has 6 nitrogen and oxygen atoms in total. The second-order valence-electron chi connectivity index (χ2n) is 7.18. The van der Waals surface area contributed by atoms with Gasteiger partial charge in [-0.3, -0.25) is 4.90 Å². The van der Waals surface area contributed by atoms with Crippen molar-refractivity contribution in [2.24, 2.45) is 13.0 Å². The van der Waals surface area contributed by atoms with Crippen molar-refractivity contribution in [1.82, 2.24) is 19.7 Å². The lowest BCUT2D eigenvalue weighted by atomic mass is 10.00. The predicted molar refractivity (Wildman–Crippen MR) is 98.2 cm³/mol. The van der Waals surface area contributed by atoms with Crippen molar-refractivity contribution in [3.8, 4) is 6.07 Å². The minimum Gasteiger partial charge on any atom is -0.368 e. The molecule has 0 atom stereocenters. The molecule has 0 unspecified atom stereocenters. The molecule has 1 aromatic heterocycles. The summed E-state index contributed by atoms with van der Waals surface area (Å²) in [7, 11) is 1.98. The van der Waals surface area contributed by atoms with Crippen molar-refractivity contribution in [3.05, 3.63) is 41.5 Å². The number of hydrogen-bond donors (Lipinski definition) is 0. The molecule has 1 saturated heterocycles.